The number of fused-ring (bicyclic) bond motifs is 2. The number of hydrogen-bond acceptors (Lipinski definition) is 5. The topological polar surface area (TPSA) is 71.0 Å². The Labute approximate surface area is 156 Å². The van der Waals surface area contributed by atoms with Crippen molar-refractivity contribution in [3.63, 3.8) is 0 Å². The average Bonchev–Trinajstić information content (AvgIpc) is 3.29. The van der Waals surface area contributed by atoms with Gasteiger partial charge < -0.3 is 28.8 Å². The highest BCUT2D eigenvalue weighted by Gasteiger charge is 2.19. The Hall–Kier alpha value is -3.35. The van der Waals surface area contributed by atoms with E-state index in [1.165, 1.54) is 0 Å². The average molecular weight is 368 g/mol. The van der Waals surface area contributed by atoms with Crippen molar-refractivity contribution in [3.05, 3.63) is 47.7 Å². The third-order valence-electron chi connectivity index (χ3n) is 4.68. The molecule has 0 unspecified atom stereocenters. The molecule has 0 aliphatic carbocycles. The van der Waals surface area contributed by atoms with Gasteiger partial charge in [0.25, 0.3) is 5.91 Å². The molecule has 1 aromatic heterocycles. The van der Waals surface area contributed by atoms with E-state index in [-0.39, 0.29) is 12.7 Å². The first-order valence-electron chi connectivity index (χ1n) is 8.49. The zero-order valence-corrected chi connectivity index (χ0v) is 15.4. The minimum Gasteiger partial charge on any atom is -0.496 e. The molecule has 3 aromatic rings. The third-order valence-corrected chi connectivity index (χ3v) is 4.68. The fourth-order valence-electron chi connectivity index (χ4n) is 3.29. The van der Waals surface area contributed by atoms with Gasteiger partial charge in [-0.2, -0.15) is 0 Å². The zero-order valence-electron chi connectivity index (χ0n) is 15.4. The Morgan fingerprint density at radius 3 is 2.59 bits per heavy atom. The van der Waals surface area contributed by atoms with Crippen LogP contribution in [0.3, 0.4) is 0 Å². The lowest BCUT2D eigenvalue weighted by atomic mass is 10.2. The minimum absolute atomic E-state index is 0.185. The predicted octanol–water partition coefficient (Wildman–Crippen LogP) is 2.85. The van der Waals surface area contributed by atoms with E-state index in [0.29, 0.717) is 29.5 Å². The molecule has 140 valence electrons. The van der Waals surface area contributed by atoms with Crippen molar-refractivity contribution in [1.82, 2.24) is 9.88 Å². The maximum atomic E-state index is 12.8. The van der Waals surface area contributed by atoms with E-state index in [9.17, 15) is 4.79 Å². The first-order valence-corrected chi connectivity index (χ1v) is 8.49. The summed E-state index contributed by atoms with van der Waals surface area (Å²) >= 11 is 0. The number of benzene rings is 2. The van der Waals surface area contributed by atoms with Crippen molar-refractivity contribution in [2.75, 3.05) is 21.0 Å². The molecule has 4 rings (SSSR count). The fraction of sp³-hybridized carbons (Fsp3) is 0.250. The predicted molar refractivity (Wildman–Crippen MR) is 99.8 cm³/mol. The summed E-state index contributed by atoms with van der Waals surface area (Å²) in [5.74, 6) is 2.61. The molecule has 0 atom stereocenters. The largest absolute Gasteiger partial charge is 0.496 e. The van der Waals surface area contributed by atoms with E-state index in [0.717, 1.165) is 22.2 Å². The molecule has 0 bridgehead atoms. The van der Waals surface area contributed by atoms with E-state index in [2.05, 4.69) is 5.32 Å². The summed E-state index contributed by atoms with van der Waals surface area (Å²) in [6.07, 6.45) is 0. The second kappa shape index (κ2) is 6.75. The quantitative estimate of drug-likeness (QED) is 0.750. The Kier molecular flexibility index (Phi) is 4.27. The number of nitrogens with one attached hydrogen (secondary N) is 1. The van der Waals surface area contributed by atoms with E-state index in [4.69, 9.17) is 18.9 Å². The van der Waals surface area contributed by atoms with Gasteiger partial charge in [0.05, 0.1) is 19.7 Å². The van der Waals surface area contributed by atoms with Gasteiger partial charge in [-0.15, -0.1) is 0 Å². The number of ether oxygens (including phenoxy) is 4. The van der Waals surface area contributed by atoms with Gasteiger partial charge in [0.15, 0.2) is 11.5 Å². The molecule has 0 radical (unpaired) electrons. The first-order chi connectivity index (χ1) is 13.1. The van der Waals surface area contributed by atoms with Crippen LogP contribution < -0.4 is 24.3 Å². The maximum absolute atomic E-state index is 12.8. The van der Waals surface area contributed by atoms with Crippen molar-refractivity contribution in [2.45, 2.75) is 6.54 Å². The molecule has 1 aliphatic heterocycles. The molecule has 7 heteroatoms. The van der Waals surface area contributed by atoms with E-state index in [1.54, 1.807) is 14.2 Å². The van der Waals surface area contributed by atoms with Gasteiger partial charge in [0.1, 0.15) is 17.2 Å². The Bertz CT molecular complexity index is 1020. The van der Waals surface area contributed by atoms with Crippen molar-refractivity contribution in [2.24, 2.45) is 7.05 Å². The first kappa shape index (κ1) is 17.1. The summed E-state index contributed by atoms with van der Waals surface area (Å²) < 4.78 is 23.3. The summed E-state index contributed by atoms with van der Waals surface area (Å²) in [6, 6.07) is 11.1. The minimum atomic E-state index is -0.185. The summed E-state index contributed by atoms with van der Waals surface area (Å²) in [5.41, 5.74) is 2.26. The molecule has 0 spiro atoms. The summed E-state index contributed by atoms with van der Waals surface area (Å²) in [4.78, 5) is 12.8. The van der Waals surface area contributed by atoms with E-state index < -0.39 is 0 Å². The normalized spacial score (nSPS) is 12.3. The van der Waals surface area contributed by atoms with Crippen LogP contribution in [0.4, 0.5) is 0 Å². The van der Waals surface area contributed by atoms with E-state index in [1.807, 2.05) is 48.0 Å². The Balaban J connectivity index is 1.60. The van der Waals surface area contributed by atoms with Crippen molar-refractivity contribution < 1.29 is 23.7 Å². The molecule has 0 fully saturated rings. The molecule has 1 amide bonds. The number of methoxy groups -OCH3 is 2. The third kappa shape index (κ3) is 2.91. The number of aryl methyl sites for hydroxylation is 1. The van der Waals surface area contributed by atoms with Crippen molar-refractivity contribution >= 4 is 16.8 Å². The number of nitrogens with zero attached hydrogens (tertiary/aromatic N) is 1. The number of rotatable bonds is 5. The maximum Gasteiger partial charge on any atom is 0.268 e. The van der Waals surface area contributed by atoms with Crippen LogP contribution in [0.1, 0.15) is 16.1 Å². The van der Waals surface area contributed by atoms with Gasteiger partial charge in [-0.1, -0.05) is 6.07 Å². The molecule has 0 saturated heterocycles. The molecule has 1 N–H and O–H groups in total. The SMILES string of the molecule is COc1ccc(OC)c2c1cc(C(=O)NCc1ccc3c(c1)OCO3)n2C. The molecule has 2 aromatic carbocycles. The monoisotopic (exact) mass is 368 g/mol. The van der Waals surface area contributed by atoms with Crippen molar-refractivity contribution in [1.29, 1.82) is 0 Å². The zero-order chi connectivity index (χ0) is 19.0. The summed E-state index contributed by atoms with van der Waals surface area (Å²) in [6.45, 7) is 0.607. The highest BCUT2D eigenvalue weighted by molar-refractivity contribution is 6.02. The van der Waals surface area contributed by atoms with Gasteiger partial charge in [0.2, 0.25) is 6.79 Å². The van der Waals surface area contributed by atoms with Crippen LogP contribution >= 0.6 is 0 Å². The molecule has 27 heavy (non-hydrogen) atoms. The van der Waals surface area contributed by atoms with Crippen molar-refractivity contribution in [3.8, 4) is 23.0 Å². The van der Waals surface area contributed by atoms with Crippen LogP contribution in [0.15, 0.2) is 36.4 Å². The lowest BCUT2D eigenvalue weighted by Crippen LogP contribution is -2.24. The Morgan fingerprint density at radius 1 is 1.07 bits per heavy atom. The van der Waals surface area contributed by atoms with Gasteiger partial charge in [-0.25, -0.2) is 0 Å². The summed E-state index contributed by atoms with van der Waals surface area (Å²) in [5, 5.41) is 3.77. The van der Waals surface area contributed by atoms with E-state index >= 15 is 0 Å². The molecular formula is C20H20N2O5. The van der Waals surface area contributed by atoms with Gasteiger partial charge in [0, 0.05) is 19.0 Å². The Morgan fingerprint density at radius 2 is 1.81 bits per heavy atom. The second-order valence-corrected chi connectivity index (χ2v) is 6.19. The van der Waals surface area contributed by atoms with Gasteiger partial charge in [-0.05, 0) is 35.9 Å². The molecule has 0 saturated carbocycles. The van der Waals surface area contributed by atoms with Crippen LogP contribution in [0, 0.1) is 0 Å². The standard InChI is InChI=1S/C20H20N2O5/c1-22-14(9-13-15(24-2)6-7-17(25-3)19(13)22)20(23)21-10-12-4-5-16-18(8-12)27-11-26-16/h4-9H,10-11H2,1-3H3,(H,21,23). The number of carbonyl (C=O) groups is 1. The summed E-state index contributed by atoms with van der Waals surface area (Å²) in [7, 11) is 5.04. The fourth-order valence-corrected chi connectivity index (χ4v) is 3.29. The smallest absolute Gasteiger partial charge is 0.268 e. The highest BCUT2D eigenvalue weighted by Crippen LogP contribution is 2.35. The van der Waals surface area contributed by atoms with Gasteiger partial charge >= 0.3 is 0 Å². The van der Waals surface area contributed by atoms with Crippen LogP contribution in [0.5, 0.6) is 23.0 Å². The number of amides is 1. The molecule has 1 aliphatic rings. The molecule has 2 heterocycles. The lowest BCUT2D eigenvalue weighted by molar-refractivity contribution is 0.0943. The lowest BCUT2D eigenvalue weighted by Gasteiger charge is -2.09. The van der Waals surface area contributed by atoms with Crippen LogP contribution in [0.2, 0.25) is 0 Å². The number of carbonyl (C=O) groups excluding carboxylic acids is 1. The highest BCUT2D eigenvalue weighted by atomic mass is 16.7. The molecule has 7 nitrogen and oxygen atoms in total. The number of hydrogen-bond donors (Lipinski definition) is 1. The second-order valence-electron chi connectivity index (χ2n) is 6.19. The van der Waals surface area contributed by atoms with Crippen LogP contribution in [-0.2, 0) is 13.6 Å². The van der Waals surface area contributed by atoms with Crippen LogP contribution in [-0.4, -0.2) is 31.5 Å². The molecular weight excluding hydrogens is 348 g/mol. The van der Waals surface area contributed by atoms with Gasteiger partial charge in [-0.3, -0.25) is 4.79 Å². The number of aromatic nitrogens is 1. The van der Waals surface area contributed by atoms with Crippen LogP contribution in [0.25, 0.3) is 10.9 Å².